The minimum absolute atomic E-state index is 0.00226. The largest absolute Gasteiger partial charge is 0.573 e. The number of anilines is 1. The summed E-state index contributed by atoms with van der Waals surface area (Å²) in [7, 11) is 0. The number of rotatable bonds is 7. The Balaban J connectivity index is 1.39. The van der Waals surface area contributed by atoms with Gasteiger partial charge in [0.2, 0.25) is 0 Å². The van der Waals surface area contributed by atoms with Gasteiger partial charge in [0.15, 0.2) is 0 Å². The molecule has 1 aliphatic heterocycles. The Hall–Kier alpha value is -2.12. The lowest BCUT2D eigenvalue weighted by Gasteiger charge is -2.39. The summed E-state index contributed by atoms with van der Waals surface area (Å²) in [5, 5.41) is 3.93. The van der Waals surface area contributed by atoms with E-state index in [4.69, 9.17) is 20.9 Å². The van der Waals surface area contributed by atoms with Crippen LogP contribution in [-0.2, 0) is 11.3 Å². The van der Waals surface area contributed by atoms with Gasteiger partial charge >= 0.3 is 6.36 Å². The van der Waals surface area contributed by atoms with E-state index in [2.05, 4.69) is 32.5 Å². The van der Waals surface area contributed by atoms with Crippen LogP contribution in [-0.4, -0.2) is 36.6 Å². The highest BCUT2D eigenvalue weighted by atomic mass is 127. The minimum atomic E-state index is -4.97. The summed E-state index contributed by atoms with van der Waals surface area (Å²) in [6.45, 7) is -0.468. The van der Waals surface area contributed by atoms with Crippen LogP contribution >= 0.6 is 34.2 Å². The number of piperidine rings is 1. The molecule has 2 heterocycles. The Bertz CT molecular complexity index is 1260. The van der Waals surface area contributed by atoms with Gasteiger partial charge in [0.05, 0.1) is 23.7 Å². The molecule has 1 unspecified atom stereocenters. The van der Waals surface area contributed by atoms with E-state index in [-0.39, 0.29) is 35.2 Å². The number of ether oxygens (including phenoxy) is 2. The van der Waals surface area contributed by atoms with Gasteiger partial charge in [-0.1, -0.05) is 22.8 Å². The van der Waals surface area contributed by atoms with Crippen molar-refractivity contribution in [1.82, 2.24) is 5.16 Å². The van der Waals surface area contributed by atoms with Crippen LogP contribution in [0.2, 0.25) is 5.02 Å². The molecule has 0 N–H and O–H groups in total. The highest BCUT2D eigenvalue weighted by Crippen LogP contribution is 2.47. The van der Waals surface area contributed by atoms with Crippen LogP contribution in [0.3, 0.4) is 0 Å². The summed E-state index contributed by atoms with van der Waals surface area (Å²) in [4.78, 5) is 1.61. The first kappa shape index (κ1) is 26.5. The molecule has 0 radical (unpaired) electrons. The maximum atomic E-state index is 15.1. The summed E-state index contributed by atoms with van der Waals surface area (Å²) >= 11 is 8.40. The van der Waals surface area contributed by atoms with Crippen molar-refractivity contribution < 1.29 is 35.9 Å². The van der Waals surface area contributed by atoms with Crippen LogP contribution in [0.1, 0.15) is 36.5 Å². The fourth-order valence-electron chi connectivity index (χ4n) is 4.45. The van der Waals surface area contributed by atoms with Gasteiger partial charge in [-0.2, -0.15) is 0 Å². The van der Waals surface area contributed by atoms with Crippen molar-refractivity contribution in [3.63, 3.8) is 0 Å². The van der Waals surface area contributed by atoms with E-state index in [1.807, 2.05) is 12.1 Å². The van der Waals surface area contributed by atoms with E-state index >= 15 is 8.78 Å². The maximum absolute atomic E-state index is 15.1. The molecule has 12 heteroatoms. The van der Waals surface area contributed by atoms with Gasteiger partial charge in [-0.05, 0) is 78.3 Å². The fourth-order valence-corrected chi connectivity index (χ4v) is 5.06. The van der Waals surface area contributed by atoms with Crippen molar-refractivity contribution in [2.75, 3.05) is 18.0 Å². The van der Waals surface area contributed by atoms with Crippen molar-refractivity contribution in [2.45, 2.75) is 50.2 Å². The topological polar surface area (TPSA) is 47.7 Å². The number of hydrogen-bond acceptors (Lipinski definition) is 5. The zero-order valence-corrected chi connectivity index (χ0v) is 22.1. The monoisotopic (exact) mass is 654 g/mol. The van der Waals surface area contributed by atoms with Crippen molar-refractivity contribution >= 4 is 39.9 Å². The maximum Gasteiger partial charge on any atom is 0.573 e. The third-order valence-corrected chi connectivity index (χ3v) is 7.39. The lowest BCUT2D eigenvalue weighted by Crippen LogP contribution is -2.52. The predicted molar refractivity (Wildman–Crippen MR) is 135 cm³/mol. The third kappa shape index (κ3) is 5.98. The van der Waals surface area contributed by atoms with Gasteiger partial charge in [-0.15, -0.1) is 13.2 Å². The van der Waals surface area contributed by atoms with Crippen LogP contribution in [0.4, 0.5) is 27.6 Å². The average molecular weight is 655 g/mol. The number of nitrogens with zero attached hydrogens (tertiary/aromatic N) is 2. The summed E-state index contributed by atoms with van der Waals surface area (Å²) in [5.41, 5.74) is 0.868. The molecule has 1 atom stereocenters. The fraction of sp³-hybridized carbons (Fsp3) is 0.400. The minimum Gasteiger partial charge on any atom is -0.405 e. The van der Waals surface area contributed by atoms with E-state index in [1.165, 1.54) is 12.1 Å². The molecule has 3 aromatic rings. The Morgan fingerprint density at radius 1 is 1.11 bits per heavy atom. The third-order valence-electron chi connectivity index (χ3n) is 6.36. The Labute approximate surface area is 228 Å². The van der Waals surface area contributed by atoms with Crippen molar-refractivity contribution in [2.24, 2.45) is 0 Å². The molecule has 0 amide bonds. The van der Waals surface area contributed by atoms with Crippen LogP contribution in [0, 0.1) is 3.57 Å². The normalized spacial score (nSPS) is 19.8. The summed E-state index contributed by atoms with van der Waals surface area (Å²) in [5.74, 6) is -3.31. The first-order valence-corrected chi connectivity index (χ1v) is 13.0. The first-order chi connectivity index (χ1) is 17.5. The summed E-state index contributed by atoms with van der Waals surface area (Å²) in [6, 6.07) is 11.1. The Morgan fingerprint density at radius 3 is 2.49 bits per heavy atom. The SMILES string of the molecule is FC(F)(F)Oc1cccc(Cl)c1-c1noc(C2CC2)c1COC1CCN(c2ccc(I)cc2)CC1(F)F. The summed E-state index contributed by atoms with van der Waals surface area (Å²) in [6.07, 6.45) is -4.71. The number of benzene rings is 2. The Morgan fingerprint density at radius 2 is 1.84 bits per heavy atom. The second kappa shape index (κ2) is 10.2. The quantitative estimate of drug-likeness (QED) is 0.192. The second-order valence-corrected chi connectivity index (χ2v) is 10.7. The second-order valence-electron chi connectivity index (χ2n) is 9.06. The highest BCUT2D eigenvalue weighted by Gasteiger charge is 2.46. The molecule has 2 fully saturated rings. The van der Waals surface area contributed by atoms with Gasteiger partial charge < -0.3 is 18.9 Å². The Kier molecular flexibility index (Phi) is 7.31. The van der Waals surface area contributed by atoms with E-state index < -0.39 is 30.7 Å². The number of aromatic nitrogens is 1. The molecule has 0 spiro atoms. The molecule has 2 aromatic carbocycles. The van der Waals surface area contributed by atoms with E-state index in [0.717, 1.165) is 22.5 Å². The predicted octanol–water partition coefficient (Wildman–Crippen LogP) is 7.81. The van der Waals surface area contributed by atoms with Crippen LogP contribution < -0.4 is 9.64 Å². The number of alkyl halides is 5. The molecular formula is C25H21ClF5IN2O3. The zero-order chi connectivity index (χ0) is 26.4. The lowest BCUT2D eigenvalue weighted by atomic mass is 10.0. The van der Waals surface area contributed by atoms with Crippen LogP contribution in [0.15, 0.2) is 47.0 Å². The van der Waals surface area contributed by atoms with Crippen LogP contribution in [0.25, 0.3) is 11.3 Å². The number of hydrogen-bond donors (Lipinski definition) is 0. The van der Waals surface area contributed by atoms with Crippen LogP contribution in [0.5, 0.6) is 5.75 Å². The molecule has 1 aliphatic carbocycles. The first-order valence-electron chi connectivity index (χ1n) is 11.5. The molecule has 198 valence electrons. The van der Waals surface area contributed by atoms with E-state index in [0.29, 0.717) is 23.6 Å². The lowest BCUT2D eigenvalue weighted by molar-refractivity contribution is -0.274. The summed E-state index contributed by atoms with van der Waals surface area (Å²) < 4.78 is 85.8. The molecule has 1 saturated carbocycles. The molecule has 2 aliphatic rings. The van der Waals surface area contributed by atoms with E-state index in [1.54, 1.807) is 17.0 Å². The smallest absolute Gasteiger partial charge is 0.405 e. The van der Waals surface area contributed by atoms with Gasteiger partial charge in [0, 0.05) is 27.3 Å². The van der Waals surface area contributed by atoms with Gasteiger partial charge in [0.25, 0.3) is 5.92 Å². The van der Waals surface area contributed by atoms with Crippen molar-refractivity contribution in [1.29, 1.82) is 0 Å². The van der Waals surface area contributed by atoms with E-state index in [9.17, 15) is 13.2 Å². The molecule has 5 nitrogen and oxygen atoms in total. The molecular weight excluding hydrogens is 634 g/mol. The van der Waals surface area contributed by atoms with Crippen molar-refractivity contribution in [3.05, 3.63) is 62.4 Å². The zero-order valence-electron chi connectivity index (χ0n) is 19.2. The molecule has 1 aromatic heterocycles. The molecule has 37 heavy (non-hydrogen) atoms. The average Bonchev–Trinajstić information content (AvgIpc) is 3.58. The molecule has 0 bridgehead atoms. The van der Waals surface area contributed by atoms with Gasteiger partial charge in [0.1, 0.15) is 23.3 Å². The highest BCUT2D eigenvalue weighted by molar-refractivity contribution is 14.1. The molecule has 1 saturated heterocycles. The van der Waals surface area contributed by atoms with Crippen molar-refractivity contribution in [3.8, 4) is 17.0 Å². The number of halogens is 7. The molecule has 5 rings (SSSR count). The standard InChI is InChI=1S/C25H21ClF5IN2O3/c26-18-2-1-3-19(36-25(29,30)31)21(18)22-17(23(37-33-22)14-4-5-14)12-35-20-10-11-34(13-24(20,27)28)16-8-6-15(32)7-9-16/h1-3,6-9,14,20H,4-5,10-13H2. The van der Waals surface area contributed by atoms with Gasteiger partial charge in [-0.3, -0.25) is 0 Å². The van der Waals surface area contributed by atoms with Gasteiger partial charge in [-0.25, -0.2) is 8.78 Å².